The molecule has 0 bridgehead atoms. The van der Waals surface area contributed by atoms with Crippen LogP contribution in [0.5, 0.6) is 0 Å². The zero-order valence-electron chi connectivity index (χ0n) is 16.6. The van der Waals surface area contributed by atoms with Gasteiger partial charge in [-0.25, -0.2) is 4.79 Å². The summed E-state index contributed by atoms with van der Waals surface area (Å²) in [5, 5.41) is 3.92. The summed E-state index contributed by atoms with van der Waals surface area (Å²) < 4.78 is 7.58. The lowest BCUT2D eigenvalue weighted by Crippen LogP contribution is -2.37. The number of nitrogens with zero attached hydrogens (tertiary/aromatic N) is 2. The van der Waals surface area contributed by atoms with E-state index in [2.05, 4.69) is 10.3 Å². The summed E-state index contributed by atoms with van der Waals surface area (Å²) >= 11 is 1.43. The molecular formula is C21H31N3O3S. The van der Waals surface area contributed by atoms with E-state index in [1.54, 1.807) is 0 Å². The minimum absolute atomic E-state index is 0.0618. The maximum absolute atomic E-state index is 12.7. The minimum atomic E-state index is -0.189. The fraction of sp³-hybridized carbons (Fsp3) is 0.762. The van der Waals surface area contributed by atoms with E-state index in [4.69, 9.17) is 4.74 Å². The second-order valence-electron chi connectivity index (χ2n) is 8.27. The van der Waals surface area contributed by atoms with Gasteiger partial charge < -0.3 is 10.1 Å². The largest absolute Gasteiger partial charge is 0.376 e. The summed E-state index contributed by atoms with van der Waals surface area (Å²) in [6.07, 6.45) is 12.2. The van der Waals surface area contributed by atoms with E-state index in [9.17, 15) is 9.59 Å². The van der Waals surface area contributed by atoms with Crippen molar-refractivity contribution in [3.05, 3.63) is 21.7 Å². The number of hydrogen-bond acceptors (Lipinski definition) is 5. The van der Waals surface area contributed by atoms with E-state index < -0.39 is 0 Å². The molecular weight excluding hydrogens is 374 g/mol. The van der Waals surface area contributed by atoms with Gasteiger partial charge in [0, 0.05) is 23.9 Å². The second kappa shape index (κ2) is 9.44. The van der Waals surface area contributed by atoms with Gasteiger partial charge in [0.2, 0.25) is 5.91 Å². The highest BCUT2D eigenvalue weighted by molar-refractivity contribution is 7.99. The number of carbonyl (C=O) groups excluding carboxylic acids is 1. The van der Waals surface area contributed by atoms with Gasteiger partial charge in [0.15, 0.2) is 0 Å². The van der Waals surface area contributed by atoms with Gasteiger partial charge in [0.05, 0.1) is 18.4 Å². The monoisotopic (exact) mass is 405 g/mol. The number of carbonyl (C=O) groups is 1. The smallest absolute Gasteiger partial charge is 0.348 e. The van der Waals surface area contributed by atoms with Gasteiger partial charge >= 0.3 is 5.69 Å². The molecule has 1 saturated carbocycles. The van der Waals surface area contributed by atoms with Crippen LogP contribution >= 0.6 is 11.8 Å². The van der Waals surface area contributed by atoms with E-state index >= 15 is 0 Å². The zero-order chi connectivity index (χ0) is 19.3. The number of ether oxygens (including phenoxy) is 1. The first-order valence-corrected chi connectivity index (χ1v) is 11.9. The number of thioether (sulfide) groups is 1. The maximum Gasteiger partial charge on any atom is 0.348 e. The second-order valence-corrected chi connectivity index (χ2v) is 9.23. The summed E-state index contributed by atoms with van der Waals surface area (Å²) in [5.41, 5.74) is 2.11. The molecule has 7 heteroatoms. The van der Waals surface area contributed by atoms with Crippen molar-refractivity contribution in [2.24, 2.45) is 0 Å². The molecule has 1 atom stereocenters. The SMILES string of the molecule is O=C(CSc1nc(=O)n(C[C@H]2CCCO2)c2c1CCCC2)NC1CCCCC1. The molecule has 0 radical (unpaired) electrons. The van der Waals surface area contributed by atoms with Crippen LogP contribution in [0.4, 0.5) is 0 Å². The van der Waals surface area contributed by atoms with Gasteiger partial charge in [-0.3, -0.25) is 9.36 Å². The third-order valence-electron chi connectivity index (χ3n) is 6.17. The van der Waals surface area contributed by atoms with Crippen LogP contribution in [0, 0.1) is 0 Å². The fourth-order valence-corrected chi connectivity index (χ4v) is 5.59. The Hall–Kier alpha value is -1.34. The van der Waals surface area contributed by atoms with Crippen molar-refractivity contribution in [2.75, 3.05) is 12.4 Å². The first kappa shape index (κ1) is 20.0. The molecule has 4 rings (SSSR count). The third-order valence-corrected chi connectivity index (χ3v) is 7.19. The molecule has 1 N–H and O–H groups in total. The molecule has 2 fully saturated rings. The van der Waals surface area contributed by atoms with Crippen molar-refractivity contribution in [2.45, 2.75) is 94.3 Å². The molecule has 1 aromatic heterocycles. The molecule has 2 aliphatic carbocycles. The van der Waals surface area contributed by atoms with Gasteiger partial charge in [0.1, 0.15) is 5.03 Å². The maximum atomic E-state index is 12.7. The van der Waals surface area contributed by atoms with Crippen LogP contribution in [0.2, 0.25) is 0 Å². The van der Waals surface area contributed by atoms with Crippen LogP contribution in [0.1, 0.15) is 69.0 Å². The molecule has 0 aromatic carbocycles. The van der Waals surface area contributed by atoms with Crippen LogP contribution in [-0.4, -0.2) is 40.0 Å². The van der Waals surface area contributed by atoms with Gasteiger partial charge in [0.25, 0.3) is 0 Å². The predicted molar refractivity (Wildman–Crippen MR) is 110 cm³/mol. The number of aromatic nitrogens is 2. The molecule has 2 heterocycles. The van der Waals surface area contributed by atoms with Crippen LogP contribution in [0.25, 0.3) is 0 Å². The molecule has 0 spiro atoms. The van der Waals surface area contributed by atoms with E-state index in [-0.39, 0.29) is 17.7 Å². The Bertz CT molecular complexity index is 752. The van der Waals surface area contributed by atoms with Gasteiger partial charge in [-0.15, -0.1) is 0 Å². The van der Waals surface area contributed by atoms with E-state index in [0.717, 1.165) is 68.7 Å². The standard InChI is InChI=1S/C21H31N3O3S/c25-19(22-15-7-2-1-3-8-15)14-28-20-17-10-4-5-11-18(17)24(21(26)23-20)13-16-9-6-12-27-16/h15-16H,1-14H2,(H,22,25)/t16-/m1/s1. The highest BCUT2D eigenvalue weighted by Gasteiger charge is 2.24. The summed E-state index contributed by atoms with van der Waals surface area (Å²) in [6, 6.07) is 0.322. The van der Waals surface area contributed by atoms with Crippen molar-refractivity contribution >= 4 is 17.7 Å². The Morgan fingerprint density at radius 1 is 1.11 bits per heavy atom. The average Bonchev–Trinajstić information content (AvgIpc) is 3.23. The van der Waals surface area contributed by atoms with Crippen molar-refractivity contribution in [1.82, 2.24) is 14.9 Å². The normalized spacial score (nSPS) is 22.8. The van der Waals surface area contributed by atoms with Crippen LogP contribution in [0.3, 0.4) is 0 Å². The van der Waals surface area contributed by atoms with E-state index in [1.165, 1.54) is 36.6 Å². The first-order valence-electron chi connectivity index (χ1n) is 10.9. The molecule has 1 aliphatic heterocycles. The minimum Gasteiger partial charge on any atom is -0.376 e. The summed E-state index contributed by atoms with van der Waals surface area (Å²) in [5.74, 6) is 0.400. The van der Waals surface area contributed by atoms with Crippen LogP contribution < -0.4 is 11.0 Å². The molecule has 154 valence electrons. The lowest BCUT2D eigenvalue weighted by atomic mass is 9.95. The van der Waals surface area contributed by atoms with Crippen molar-refractivity contribution in [3.8, 4) is 0 Å². The molecule has 6 nitrogen and oxygen atoms in total. The third kappa shape index (κ3) is 4.79. The van der Waals surface area contributed by atoms with Crippen molar-refractivity contribution in [1.29, 1.82) is 0 Å². The lowest BCUT2D eigenvalue weighted by molar-refractivity contribution is -0.119. The van der Waals surface area contributed by atoms with Crippen LogP contribution in [0.15, 0.2) is 9.82 Å². The molecule has 28 heavy (non-hydrogen) atoms. The Morgan fingerprint density at radius 3 is 2.71 bits per heavy atom. The summed E-state index contributed by atoms with van der Waals surface area (Å²) in [7, 11) is 0. The van der Waals surface area contributed by atoms with E-state index in [1.807, 2.05) is 4.57 Å². The molecule has 1 saturated heterocycles. The number of rotatable bonds is 6. The molecule has 1 amide bonds. The lowest BCUT2D eigenvalue weighted by Gasteiger charge is -2.24. The number of hydrogen-bond donors (Lipinski definition) is 1. The quantitative estimate of drug-likeness (QED) is 0.582. The number of nitrogens with one attached hydrogen (secondary N) is 1. The Labute approximate surface area is 170 Å². The van der Waals surface area contributed by atoms with Gasteiger partial charge in [-0.1, -0.05) is 31.0 Å². The van der Waals surface area contributed by atoms with Gasteiger partial charge in [-0.05, 0) is 51.4 Å². The van der Waals surface area contributed by atoms with Gasteiger partial charge in [-0.2, -0.15) is 4.98 Å². The fourth-order valence-electron chi connectivity index (χ4n) is 4.70. The van der Waals surface area contributed by atoms with E-state index in [0.29, 0.717) is 18.3 Å². The Kier molecular flexibility index (Phi) is 6.73. The van der Waals surface area contributed by atoms with Crippen molar-refractivity contribution in [3.63, 3.8) is 0 Å². The topological polar surface area (TPSA) is 73.2 Å². The Balaban J connectivity index is 1.45. The molecule has 3 aliphatic rings. The zero-order valence-corrected chi connectivity index (χ0v) is 17.4. The summed E-state index contributed by atoms with van der Waals surface area (Å²) in [6.45, 7) is 1.40. The van der Waals surface area contributed by atoms with Crippen molar-refractivity contribution < 1.29 is 9.53 Å². The molecule has 0 unspecified atom stereocenters. The number of fused-ring (bicyclic) bond motifs is 1. The molecule has 1 aromatic rings. The average molecular weight is 406 g/mol. The summed E-state index contributed by atoms with van der Waals surface area (Å²) in [4.78, 5) is 29.5. The highest BCUT2D eigenvalue weighted by Crippen LogP contribution is 2.29. The highest BCUT2D eigenvalue weighted by atomic mass is 32.2. The number of amides is 1. The Morgan fingerprint density at radius 2 is 1.93 bits per heavy atom. The first-order chi connectivity index (χ1) is 13.7. The van der Waals surface area contributed by atoms with Crippen LogP contribution in [-0.2, 0) is 28.9 Å². The predicted octanol–water partition coefficient (Wildman–Crippen LogP) is 2.84.